The number of nitrogens with one attached hydrogen (secondary N) is 2. The Balaban J connectivity index is 2.03. The first kappa shape index (κ1) is 10.9. The fourth-order valence-electron chi connectivity index (χ4n) is 1.58. The summed E-state index contributed by atoms with van der Waals surface area (Å²) < 4.78 is 12.9. The molecule has 7 heteroatoms. The van der Waals surface area contributed by atoms with Crippen LogP contribution in [0.3, 0.4) is 0 Å². The number of halogens is 2. The van der Waals surface area contributed by atoms with Crippen molar-refractivity contribution < 1.29 is 4.39 Å². The molecule has 0 aliphatic carbocycles. The van der Waals surface area contributed by atoms with E-state index in [0.717, 1.165) is 0 Å². The van der Waals surface area contributed by atoms with Gasteiger partial charge < -0.3 is 10.3 Å². The molecule has 90 valence electrons. The largest absolute Gasteiger partial charge is 0.340 e. The number of fused-ring (bicyclic) bond motifs is 1. The summed E-state index contributed by atoms with van der Waals surface area (Å²) in [6.45, 7) is 0. The number of hydrogen-bond donors (Lipinski definition) is 2. The second-order valence-corrected chi connectivity index (χ2v) is 3.98. The maximum absolute atomic E-state index is 12.9. The van der Waals surface area contributed by atoms with Crippen LogP contribution in [0.5, 0.6) is 0 Å². The number of nitrogens with zero attached hydrogens (tertiary/aromatic N) is 3. The average Bonchev–Trinajstić information content (AvgIpc) is 2.82. The van der Waals surface area contributed by atoms with Crippen molar-refractivity contribution in [2.75, 3.05) is 5.32 Å². The van der Waals surface area contributed by atoms with Gasteiger partial charge >= 0.3 is 0 Å². The minimum absolute atomic E-state index is 0.279. The summed E-state index contributed by atoms with van der Waals surface area (Å²) in [5.74, 6) is 0.144. The van der Waals surface area contributed by atoms with Crippen LogP contribution in [0, 0.1) is 5.82 Å². The molecule has 2 aromatic heterocycles. The molecule has 0 amide bonds. The van der Waals surface area contributed by atoms with Crippen molar-refractivity contribution in [2.24, 2.45) is 0 Å². The van der Waals surface area contributed by atoms with Gasteiger partial charge in [0.2, 0.25) is 0 Å². The normalized spacial score (nSPS) is 10.8. The Morgan fingerprint density at radius 2 is 2.11 bits per heavy atom. The fourth-order valence-corrected chi connectivity index (χ4v) is 1.79. The van der Waals surface area contributed by atoms with Crippen molar-refractivity contribution in [1.82, 2.24) is 19.9 Å². The van der Waals surface area contributed by atoms with Gasteiger partial charge in [-0.1, -0.05) is 11.6 Å². The molecular weight excluding hydrogens is 257 g/mol. The lowest BCUT2D eigenvalue weighted by molar-refractivity contribution is 0.628. The number of aromatic amines is 1. The number of anilines is 2. The van der Waals surface area contributed by atoms with E-state index in [1.165, 1.54) is 24.8 Å². The van der Waals surface area contributed by atoms with Gasteiger partial charge in [-0.3, -0.25) is 0 Å². The first-order valence-electron chi connectivity index (χ1n) is 5.10. The second-order valence-electron chi connectivity index (χ2n) is 3.57. The minimum atomic E-state index is -0.389. The molecule has 0 spiro atoms. The highest BCUT2D eigenvalue weighted by molar-refractivity contribution is 6.33. The van der Waals surface area contributed by atoms with Gasteiger partial charge in [-0.25, -0.2) is 19.3 Å². The van der Waals surface area contributed by atoms with E-state index in [1.54, 1.807) is 6.07 Å². The van der Waals surface area contributed by atoms with Crippen LogP contribution < -0.4 is 5.32 Å². The molecule has 0 radical (unpaired) electrons. The standard InChI is InChI=1S/C11H7ClFN5/c12-7-3-6(13)1-2-8(7)18-11-9-10(15-4-14-9)16-5-17-11/h1-5H,(H2,14,15,16,17,18). The molecule has 0 aliphatic rings. The van der Waals surface area contributed by atoms with Gasteiger partial charge in [0.15, 0.2) is 11.5 Å². The van der Waals surface area contributed by atoms with E-state index in [9.17, 15) is 4.39 Å². The summed E-state index contributed by atoms with van der Waals surface area (Å²) in [5, 5.41) is 3.29. The molecule has 2 N–H and O–H groups in total. The Labute approximate surface area is 106 Å². The van der Waals surface area contributed by atoms with E-state index in [1.807, 2.05) is 0 Å². The highest BCUT2D eigenvalue weighted by atomic mass is 35.5. The zero-order valence-electron chi connectivity index (χ0n) is 8.98. The summed E-state index contributed by atoms with van der Waals surface area (Å²) >= 11 is 5.93. The first-order valence-corrected chi connectivity index (χ1v) is 5.48. The highest BCUT2D eigenvalue weighted by Gasteiger charge is 2.08. The van der Waals surface area contributed by atoms with Crippen molar-refractivity contribution in [2.45, 2.75) is 0 Å². The van der Waals surface area contributed by atoms with Crippen LogP contribution in [0.15, 0.2) is 30.9 Å². The van der Waals surface area contributed by atoms with Crippen LogP contribution in [0.4, 0.5) is 15.9 Å². The third-order valence-electron chi connectivity index (χ3n) is 2.41. The topological polar surface area (TPSA) is 66.5 Å². The maximum Gasteiger partial charge on any atom is 0.182 e. The van der Waals surface area contributed by atoms with Gasteiger partial charge in [0, 0.05) is 0 Å². The van der Waals surface area contributed by atoms with Gasteiger partial charge in [-0.2, -0.15) is 0 Å². The van der Waals surface area contributed by atoms with E-state index < -0.39 is 0 Å². The smallest absolute Gasteiger partial charge is 0.182 e. The van der Waals surface area contributed by atoms with Crippen LogP contribution in [0.1, 0.15) is 0 Å². The van der Waals surface area contributed by atoms with Crippen molar-refractivity contribution in [3.8, 4) is 0 Å². The van der Waals surface area contributed by atoms with Crippen LogP contribution in [0.2, 0.25) is 5.02 Å². The number of aromatic nitrogens is 4. The molecule has 0 aliphatic heterocycles. The quantitative estimate of drug-likeness (QED) is 0.746. The molecule has 0 bridgehead atoms. The van der Waals surface area contributed by atoms with E-state index in [-0.39, 0.29) is 10.8 Å². The molecule has 0 unspecified atom stereocenters. The highest BCUT2D eigenvalue weighted by Crippen LogP contribution is 2.27. The van der Waals surface area contributed by atoms with Gasteiger partial charge in [0.25, 0.3) is 0 Å². The summed E-state index contributed by atoms with van der Waals surface area (Å²) in [4.78, 5) is 15.0. The van der Waals surface area contributed by atoms with Gasteiger partial charge in [0.1, 0.15) is 17.7 Å². The van der Waals surface area contributed by atoms with Crippen molar-refractivity contribution in [1.29, 1.82) is 0 Å². The Hall–Kier alpha value is -2.21. The molecule has 2 heterocycles. The Morgan fingerprint density at radius 3 is 2.94 bits per heavy atom. The van der Waals surface area contributed by atoms with Crippen molar-refractivity contribution in [3.63, 3.8) is 0 Å². The van der Waals surface area contributed by atoms with E-state index in [2.05, 4.69) is 25.3 Å². The predicted molar refractivity (Wildman–Crippen MR) is 66.4 cm³/mol. The lowest BCUT2D eigenvalue weighted by Crippen LogP contribution is -1.96. The lowest BCUT2D eigenvalue weighted by atomic mass is 10.3. The molecule has 3 rings (SSSR count). The zero-order chi connectivity index (χ0) is 12.5. The monoisotopic (exact) mass is 263 g/mol. The molecule has 18 heavy (non-hydrogen) atoms. The first-order chi connectivity index (χ1) is 8.74. The third kappa shape index (κ3) is 1.86. The summed E-state index contributed by atoms with van der Waals surface area (Å²) in [6, 6.07) is 4.09. The van der Waals surface area contributed by atoms with Crippen LogP contribution >= 0.6 is 11.6 Å². The zero-order valence-corrected chi connectivity index (χ0v) is 9.74. The van der Waals surface area contributed by atoms with Crippen LogP contribution in [0.25, 0.3) is 11.2 Å². The molecule has 3 aromatic rings. The Bertz CT molecular complexity index is 711. The predicted octanol–water partition coefficient (Wildman–Crippen LogP) is 2.89. The van der Waals surface area contributed by atoms with E-state index >= 15 is 0 Å². The number of rotatable bonds is 2. The second kappa shape index (κ2) is 4.23. The number of imidazole rings is 1. The van der Waals surface area contributed by atoms with Gasteiger partial charge in [0.05, 0.1) is 17.0 Å². The lowest BCUT2D eigenvalue weighted by Gasteiger charge is -2.07. The van der Waals surface area contributed by atoms with Crippen LogP contribution in [-0.2, 0) is 0 Å². The van der Waals surface area contributed by atoms with Gasteiger partial charge in [-0.15, -0.1) is 0 Å². The Kier molecular flexibility index (Phi) is 2.56. The fraction of sp³-hybridized carbons (Fsp3) is 0. The summed E-state index contributed by atoms with van der Waals surface area (Å²) in [6.07, 6.45) is 2.92. The van der Waals surface area contributed by atoms with Crippen molar-refractivity contribution >= 4 is 34.3 Å². The Morgan fingerprint density at radius 1 is 1.22 bits per heavy atom. The molecule has 0 saturated carbocycles. The average molecular weight is 264 g/mol. The number of benzene rings is 1. The van der Waals surface area contributed by atoms with E-state index in [0.29, 0.717) is 22.7 Å². The minimum Gasteiger partial charge on any atom is -0.340 e. The maximum atomic E-state index is 12.9. The molecule has 5 nitrogen and oxygen atoms in total. The third-order valence-corrected chi connectivity index (χ3v) is 2.72. The molecule has 0 atom stereocenters. The van der Waals surface area contributed by atoms with Crippen LogP contribution in [-0.4, -0.2) is 19.9 Å². The van der Waals surface area contributed by atoms with Gasteiger partial charge in [-0.05, 0) is 18.2 Å². The molecule has 0 fully saturated rings. The van der Waals surface area contributed by atoms with Crippen molar-refractivity contribution in [3.05, 3.63) is 41.7 Å². The number of H-pyrrole nitrogens is 1. The van der Waals surface area contributed by atoms with E-state index in [4.69, 9.17) is 11.6 Å². The summed E-state index contributed by atoms with van der Waals surface area (Å²) in [5.41, 5.74) is 1.77. The molecule has 1 aromatic carbocycles. The number of hydrogen-bond acceptors (Lipinski definition) is 4. The molecule has 0 saturated heterocycles. The SMILES string of the molecule is Fc1ccc(Nc2ncnc3nc[nH]c23)c(Cl)c1. The summed E-state index contributed by atoms with van der Waals surface area (Å²) in [7, 11) is 0. The molecular formula is C11H7ClFN5.